The molecule has 0 saturated heterocycles. The van der Waals surface area contributed by atoms with E-state index in [1.807, 2.05) is 0 Å². The van der Waals surface area contributed by atoms with Crippen LogP contribution in [0.3, 0.4) is 0 Å². The van der Waals surface area contributed by atoms with Gasteiger partial charge in [-0.25, -0.2) is 14.6 Å². The lowest BCUT2D eigenvalue weighted by atomic mass is 10.1. The summed E-state index contributed by atoms with van der Waals surface area (Å²) in [6, 6.07) is 6.52. The number of nitrogens with one attached hydrogen (secondary N) is 1. The van der Waals surface area contributed by atoms with Crippen LogP contribution < -0.4 is 11.1 Å². The summed E-state index contributed by atoms with van der Waals surface area (Å²) in [4.78, 5) is 33.7. The van der Waals surface area contributed by atoms with Crippen molar-refractivity contribution in [2.75, 3.05) is 5.32 Å². The van der Waals surface area contributed by atoms with Crippen LogP contribution in [0.4, 0.5) is 5.69 Å². The van der Waals surface area contributed by atoms with Crippen molar-refractivity contribution in [2.24, 2.45) is 5.73 Å². The maximum absolute atomic E-state index is 13.1. The van der Waals surface area contributed by atoms with Crippen molar-refractivity contribution in [1.29, 1.82) is 0 Å². The van der Waals surface area contributed by atoms with Gasteiger partial charge in [0.1, 0.15) is 21.4 Å². The van der Waals surface area contributed by atoms with Gasteiger partial charge in [-0.05, 0) is 46.6 Å². The molecule has 3 heterocycles. The van der Waals surface area contributed by atoms with Crippen LogP contribution in [0.5, 0.6) is 0 Å². The SMILES string of the molecule is Cc1nc2cc(C)c(NC(=O)c3cc(Br)nn3-c3ncccc3Cl)c(C(N)=O)c2o1. The molecule has 3 N–H and O–H groups in total. The zero-order valence-corrected chi connectivity index (χ0v) is 18.1. The molecule has 11 heteroatoms. The van der Waals surface area contributed by atoms with Crippen molar-refractivity contribution < 1.29 is 14.0 Å². The van der Waals surface area contributed by atoms with Gasteiger partial charge in [0.15, 0.2) is 17.3 Å². The number of halogens is 2. The van der Waals surface area contributed by atoms with Gasteiger partial charge in [0.25, 0.3) is 11.8 Å². The predicted molar refractivity (Wildman–Crippen MR) is 114 cm³/mol. The maximum Gasteiger partial charge on any atom is 0.274 e. The standard InChI is InChI=1S/C19H14BrClN6O3/c1-8-6-11-16(30-9(2)24-11)14(17(22)28)15(8)25-19(29)12-7-13(20)26-27(12)18-10(21)4-3-5-23-18/h3-7H,1-2H3,(H2,22,28)(H,25,29). The number of aryl methyl sites for hydroxylation is 2. The van der Waals surface area contributed by atoms with Gasteiger partial charge in [-0.3, -0.25) is 9.59 Å². The van der Waals surface area contributed by atoms with Gasteiger partial charge in [0, 0.05) is 19.2 Å². The number of hydrogen-bond acceptors (Lipinski definition) is 6. The fraction of sp³-hybridized carbons (Fsp3) is 0.105. The van der Waals surface area contributed by atoms with Gasteiger partial charge < -0.3 is 15.5 Å². The Labute approximate surface area is 183 Å². The topological polar surface area (TPSA) is 129 Å². The largest absolute Gasteiger partial charge is 0.440 e. The molecule has 0 aliphatic carbocycles. The Bertz CT molecular complexity index is 1330. The molecule has 4 aromatic rings. The molecular weight excluding hydrogens is 476 g/mol. The number of hydrogen-bond donors (Lipinski definition) is 2. The van der Waals surface area contributed by atoms with Crippen molar-refractivity contribution >= 4 is 56.1 Å². The summed E-state index contributed by atoms with van der Waals surface area (Å²) >= 11 is 9.48. The van der Waals surface area contributed by atoms with E-state index in [-0.39, 0.29) is 28.3 Å². The van der Waals surface area contributed by atoms with E-state index in [4.69, 9.17) is 21.8 Å². The van der Waals surface area contributed by atoms with Crippen molar-refractivity contribution in [2.45, 2.75) is 13.8 Å². The summed E-state index contributed by atoms with van der Waals surface area (Å²) in [5, 5.41) is 7.30. The first-order chi connectivity index (χ1) is 14.3. The highest BCUT2D eigenvalue weighted by molar-refractivity contribution is 9.10. The number of carbonyl (C=O) groups excluding carboxylic acids is 2. The lowest BCUT2D eigenvalue weighted by molar-refractivity contribution is 0.100. The fourth-order valence-electron chi connectivity index (χ4n) is 3.09. The van der Waals surface area contributed by atoms with E-state index in [0.29, 0.717) is 26.6 Å². The van der Waals surface area contributed by atoms with Gasteiger partial charge in [0.05, 0.1) is 10.7 Å². The molecule has 30 heavy (non-hydrogen) atoms. The number of pyridine rings is 1. The second-order valence-electron chi connectivity index (χ2n) is 6.42. The second kappa shape index (κ2) is 7.54. The molecule has 0 spiro atoms. The normalized spacial score (nSPS) is 11.1. The number of oxazole rings is 1. The van der Waals surface area contributed by atoms with Crippen LogP contribution >= 0.6 is 27.5 Å². The van der Waals surface area contributed by atoms with Gasteiger partial charge in [-0.15, -0.1) is 0 Å². The molecule has 9 nitrogen and oxygen atoms in total. The van der Waals surface area contributed by atoms with Crippen LogP contribution in [0, 0.1) is 13.8 Å². The molecule has 3 aromatic heterocycles. The van der Waals surface area contributed by atoms with Crippen molar-refractivity contribution in [3.05, 3.63) is 62.8 Å². The molecule has 4 rings (SSSR count). The summed E-state index contributed by atoms with van der Waals surface area (Å²) < 4.78 is 7.25. The number of aromatic nitrogens is 4. The molecule has 0 saturated carbocycles. The number of anilines is 1. The first kappa shape index (κ1) is 20.0. The molecule has 152 valence electrons. The summed E-state index contributed by atoms with van der Waals surface area (Å²) in [5.41, 5.74) is 7.29. The molecule has 2 amide bonds. The average Bonchev–Trinajstić information content (AvgIpc) is 3.23. The molecule has 0 aliphatic rings. The first-order valence-electron chi connectivity index (χ1n) is 8.64. The third kappa shape index (κ3) is 3.44. The Balaban J connectivity index is 1.82. The van der Waals surface area contributed by atoms with Crippen LogP contribution in [0.1, 0.15) is 32.3 Å². The van der Waals surface area contributed by atoms with Crippen molar-refractivity contribution in [1.82, 2.24) is 19.7 Å². The van der Waals surface area contributed by atoms with E-state index < -0.39 is 11.8 Å². The minimum absolute atomic E-state index is 0.0416. The van der Waals surface area contributed by atoms with Crippen molar-refractivity contribution in [3.63, 3.8) is 0 Å². The number of fused-ring (bicyclic) bond motifs is 1. The van der Waals surface area contributed by atoms with Crippen LogP contribution in [-0.2, 0) is 0 Å². The van der Waals surface area contributed by atoms with Gasteiger partial charge in [-0.1, -0.05) is 11.6 Å². The van der Waals surface area contributed by atoms with Gasteiger partial charge >= 0.3 is 0 Å². The number of primary amides is 1. The van der Waals surface area contributed by atoms with Crippen LogP contribution in [0.15, 0.2) is 39.5 Å². The summed E-state index contributed by atoms with van der Waals surface area (Å²) in [6.45, 7) is 3.39. The zero-order chi connectivity index (χ0) is 21.6. The molecular formula is C19H14BrClN6O3. The van der Waals surface area contributed by atoms with E-state index in [0.717, 1.165) is 0 Å². The average molecular weight is 490 g/mol. The number of benzene rings is 1. The van der Waals surface area contributed by atoms with Crippen LogP contribution in [0.2, 0.25) is 5.02 Å². The minimum Gasteiger partial charge on any atom is -0.440 e. The number of nitrogens with two attached hydrogens (primary N) is 1. The van der Waals surface area contributed by atoms with E-state index in [2.05, 4.69) is 36.3 Å². The Hall–Kier alpha value is -3.24. The Morgan fingerprint density at radius 2 is 2.07 bits per heavy atom. The maximum atomic E-state index is 13.1. The first-order valence-corrected chi connectivity index (χ1v) is 9.81. The summed E-state index contributed by atoms with van der Waals surface area (Å²) in [7, 11) is 0. The number of nitrogens with zero attached hydrogens (tertiary/aromatic N) is 4. The number of carbonyl (C=O) groups is 2. The molecule has 0 unspecified atom stereocenters. The molecule has 0 aliphatic heterocycles. The number of amides is 2. The minimum atomic E-state index is -0.752. The quantitative estimate of drug-likeness (QED) is 0.449. The van der Waals surface area contributed by atoms with E-state index in [1.54, 1.807) is 32.0 Å². The Morgan fingerprint density at radius 3 is 2.77 bits per heavy atom. The van der Waals surface area contributed by atoms with E-state index in [1.165, 1.54) is 16.9 Å². The predicted octanol–water partition coefficient (Wildman–Crippen LogP) is 3.79. The van der Waals surface area contributed by atoms with Crippen LogP contribution in [-0.4, -0.2) is 31.6 Å². The molecule has 0 radical (unpaired) electrons. The smallest absolute Gasteiger partial charge is 0.274 e. The summed E-state index contributed by atoms with van der Waals surface area (Å²) in [6.07, 6.45) is 1.54. The third-order valence-electron chi connectivity index (χ3n) is 4.32. The number of rotatable bonds is 4. The molecule has 0 bridgehead atoms. The Kier molecular flexibility index (Phi) is 5.04. The lowest BCUT2D eigenvalue weighted by Gasteiger charge is -2.13. The van der Waals surface area contributed by atoms with Crippen molar-refractivity contribution in [3.8, 4) is 5.82 Å². The lowest BCUT2D eigenvalue weighted by Crippen LogP contribution is -2.22. The highest BCUT2D eigenvalue weighted by Gasteiger charge is 2.24. The van der Waals surface area contributed by atoms with Gasteiger partial charge in [0.2, 0.25) is 0 Å². The summed E-state index contributed by atoms with van der Waals surface area (Å²) in [5.74, 6) is -0.640. The van der Waals surface area contributed by atoms with E-state index in [9.17, 15) is 9.59 Å². The van der Waals surface area contributed by atoms with Crippen LogP contribution in [0.25, 0.3) is 16.9 Å². The van der Waals surface area contributed by atoms with Gasteiger partial charge in [-0.2, -0.15) is 5.10 Å². The second-order valence-corrected chi connectivity index (χ2v) is 7.64. The Morgan fingerprint density at radius 1 is 1.30 bits per heavy atom. The highest BCUT2D eigenvalue weighted by atomic mass is 79.9. The van der Waals surface area contributed by atoms with E-state index >= 15 is 0 Å². The third-order valence-corrected chi connectivity index (χ3v) is 5.00. The fourth-order valence-corrected chi connectivity index (χ4v) is 3.67. The monoisotopic (exact) mass is 488 g/mol. The molecule has 1 aromatic carbocycles. The molecule has 0 fully saturated rings. The zero-order valence-electron chi connectivity index (χ0n) is 15.7. The highest BCUT2D eigenvalue weighted by Crippen LogP contribution is 2.31. The molecule has 0 atom stereocenters.